The number of H-pyrrole nitrogens is 1. The summed E-state index contributed by atoms with van der Waals surface area (Å²) in [7, 11) is 0. The topological polar surface area (TPSA) is 91.8 Å². The molecular weight excluding hydrogens is 402 g/mol. The molecule has 2 aromatic carbocycles. The molecule has 152 valence electrons. The fourth-order valence-electron chi connectivity index (χ4n) is 3.35. The predicted molar refractivity (Wildman–Crippen MR) is 117 cm³/mol. The molecule has 0 aliphatic heterocycles. The highest BCUT2D eigenvalue weighted by molar-refractivity contribution is 6.32. The molecule has 0 saturated heterocycles. The average Bonchev–Trinajstić information content (AvgIpc) is 3.35. The fraction of sp³-hybridized carbons (Fsp3) is 0.136. The molecule has 0 aliphatic carbocycles. The smallest absolute Gasteiger partial charge is 0.248 e. The molecule has 0 bridgehead atoms. The SMILES string of the molecule is CC(=O)NC(Cc1c[nH]c2ccccc12)C(=O)Nc1ccn(-c2ccccc2Cl)n1. The van der Waals surface area contributed by atoms with E-state index in [0.717, 1.165) is 16.5 Å². The number of para-hydroxylation sites is 2. The number of nitrogens with zero attached hydrogens (tertiary/aromatic N) is 2. The number of aromatic amines is 1. The molecule has 2 amide bonds. The van der Waals surface area contributed by atoms with Gasteiger partial charge in [-0.15, -0.1) is 0 Å². The van der Waals surface area contributed by atoms with Crippen molar-refractivity contribution in [3.05, 3.63) is 77.6 Å². The zero-order valence-electron chi connectivity index (χ0n) is 16.2. The second-order valence-corrected chi connectivity index (χ2v) is 7.31. The Bertz CT molecular complexity index is 1210. The highest BCUT2D eigenvalue weighted by Gasteiger charge is 2.22. The van der Waals surface area contributed by atoms with Gasteiger partial charge in [0.15, 0.2) is 5.82 Å². The monoisotopic (exact) mass is 421 g/mol. The molecule has 7 nitrogen and oxygen atoms in total. The van der Waals surface area contributed by atoms with Crippen molar-refractivity contribution in [2.45, 2.75) is 19.4 Å². The Morgan fingerprint density at radius 2 is 1.90 bits per heavy atom. The van der Waals surface area contributed by atoms with Gasteiger partial charge in [0.2, 0.25) is 11.8 Å². The number of carbonyl (C=O) groups excluding carboxylic acids is 2. The quantitative estimate of drug-likeness (QED) is 0.443. The molecule has 2 aromatic heterocycles. The van der Waals surface area contributed by atoms with Gasteiger partial charge in [-0.05, 0) is 23.8 Å². The van der Waals surface area contributed by atoms with E-state index in [1.807, 2.05) is 48.7 Å². The van der Waals surface area contributed by atoms with Gasteiger partial charge in [-0.3, -0.25) is 9.59 Å². The van der Waals surface area contributed by atoms with Crippen LogP contribution in [-0.4, -0.2) is 32.6 Å². The van der Waals surface area contributed by atoms with Crippen molar-refractivity contribution in [3.63, 3.8) is 0 Å². The van der Waals surface area contributed by atoms with E-state index in [9.17, 15) is 9.59 Å². The Labute approximate surface area is 178 Å². The standard InChI is InChI=1S/C22H20ClN5O2/c1-14(29)25-19(12-15-13-24-18-8-4-2-6-16(15)18)22(30)26-21-10-11-28(27-21)20-9-5-3-7-17(20)23/h2-11,13,19,24H,12H2,1H3,(H,25,29)(H,26,27,30). The summed E-state index contributed by atoms with van der Waals surface area (Å²) in [5.74, 6) is -0.259. The Balaban J connectivity index is 1.53. The Kier molecular flexibility index (Phi) is 5.54. The molecule has 1 unspecified atom stereocenters. The predicted octanol–water partition coefficient (Wildman–Crippen LogP) is 3.69. The second kappa shape index (κ2) is 8.42. The van der Waals surface area contributed by atoms with Crippen molar-refractivity contribution in [2.75, 3.05) is 5.32 Å². The zero-order chi connectivity index (χ0) is 21.1. The summed E-state index contributed by atoms with van der Waals surface area (Å²) in [5, 5.41) is 11.4. The van der Waals surface area contributed by atoms with Crippen molar-refractivity contribution in [1.82, 2.24) is 20.1 Å². The molecule has 30 heavy (non-hydrogen) atoms. The van der Waals surface area contributed by atoms with Gasteiger partial charge in [0.1, 0.15) is 6.04 Å². The van der Waals surface area contributed by atoms with E-state index in [0.29, 0.717) is 22.9 Å². The number of halogens is 1. The Hall–Kier alpha value is -3.58. The van der Waals surface area contributed by atoms with E-state index in [1.54, 1.807) is 23.0 Å². The number of hydrogen-bond donors (Lipinski definition) is 3. The van der Waals surface area contributed by atoms with Crippen LogP contribution < -0.4 is 10.6 Å². The summed E-state index contributed by atoms with van der Waals surface area (Å²) < 4.78 is 1.59. The van der Waals surface area contributed by atoms with Crippen LogP contribution in [0.25, 0.3) is 16.6 Å². The van der Waals surface area contributed by atoms with E-state index in [-0.39, 0.29) is 11.8 Å². The molecule has 0 radical (unpaired) electrons. The van der Waals surface area contributed by atoms with E-state index >= 15 is 0 Å². The first-order valence-electron chi connectivity index (χ1n) is 9.45. The molecule has 4 rings (SSSR count). The second-order valence-electron chi connectivity index (χ2n) is 6.90. The molecule has 1 atom stereocenters. The normalized spacial score (nSPS) is 11.9. The summed E-state index contributed by atoms with van der Waals surface area (Å²) in [6.45, 7) is 1.39. The lowest BCUT2D eigenvalue weighted by molar-refractivity contribution is -0.125. The van der Waals surface area contributed by atoms with Gasteiger partial charge in [-0.1, -0.05) is 41.9 Å². The van der Waals surface area contributed by atoms with Crippen molar-refractivity contribution < 1.29 is 9.59 Å². The summed E-state index contributed by atoms with van der Waals surface area (Å²) in [4.78, 5) is 27.8. The van der Waals surface area contributed by atoms with Crippen LogP contribution in [0.4, 0.5) is 5.82 Å². The number of anilines is 1. The van der Waals surface area contributed by atoms with E-state index in [2.05, 4.69) is 20.7 Å². The number of benzene rings is 2. The van der Waals surface area contributed by atoms with Crippen LogP contribution in [0.3, 0.4) is 0 Å². The Morgan fingerprint density at radius 1 is 1.13 bits per heavy atom. The van der Waals surface area contributed by atoms with Crippen molar-refractivity contribution in [2.24, 2.45) is 0 Å². The molecule has 0 aliphatic rings. The highest BCUT2D eigenvalue weighted by atomic mass is 35.5. The summed E-state index contributed by atoms with van der Waals surface area (Å²) >= 11 is 6.21. The van der Waals surface area contributed by atoms with Crippen molar-refractivity contribution in [1.29, 1.82) is 0 Å². The lowest BCUT2D eigenvalue weighted by atomic mass is 10.0. The first kappa shape index (κ1) is 19.7. The van der Waals surface area contributed by atoms with Gasteiger partial charge >= 0.3 is 0 Å². The largest absolute Gasteiger partial charge is 0.361 e. The maximum absolute atomic E-state index is 12.9. The van der Waals surface area contributed by atoms with Gasteiger partial charge in [0.05, 0.1) is 10.7 Å². The van der Waals surface area contributed by atoms with Crippen LogP contribution in [0.2, 0.25) is 5.02 Å². The molecule has 2 heterocycles. The molecule has 4 aromatic rings. The number of fused-ring (bicyclic) bond motifs is 1. The third-order valence-corrected chi connectivity index (χ3v) is 5.05. The molecule has 0 fully saturated rings. The fourth-order valence-corrected chi connectivity index (χ4v) is 3.57. The molecular formula is C22H20ClN5O2. The number of amides is 2. The lowest BCUT2D eigenvalue weighted by Crippen LogP contribution is -2.44. The number of rotatable bonds is 6. The van der Waals surface area contributed by atoms with Gasteiger partial charge in [-0.25, -0.2) is 4.68 Å². The van der Waals surface area contributed by atoms with Crippen LogP contribution in [0.1, 0.15) is 12.5 Å². The molecule has 0 spiro atoms. The number of aromatic nitrogens is 3. The molecule has 0 saturated carbocycles. The summed E-state index contributed by atoms with van der Waals surface area (Å²) in [5.41, 5.74) is 2.63. The lowest BCUT2D eigenvalue weighted by Gasteiger charge is -2.16. The maximum atomic E-state index is 12.9. The third kappa shape index (κ3) is 4.21. The van der Waals surface area contributed by atoms with E-state index in [4.69, 9.17) is 11.6 Å². The first-order valence-corrected chi connectivity index (χ1v) is 9.82. The summed E-state index contributed by atoms with van der Waals surface area (Å²) in [6.07, 6.45) is 3.92. The van der Waals surface area contributed by atoms with Crippen molar-refractivity contribution in [3.8, 4) is 5.69 Å². The van der Waals surface area contributed by atoms with Gasteiger partial charge < -0.3 is 15.6 Å². The van der Waals surface area contributed by atoms with Gasteiger partial charge in [0, 0.05) is 42.7 Å². The number of hydrogen-bond acceptors (Lipinski definition) is 3. The van der Waals surface area contributed by atoms with Crippen LogP contribution in [0, 0.1) is 0 Å². The van der Waals surface area contributed by atoms with Crippen LogP contribution in [0.15, 0.2) is 67.0 Å². The first-order chi connectivity index (χ1) is 14.5. The van der Waals surface area contributed by atoms with Gasteiger partial charge in [-0.2, -0.15) is 5.10 Å². The minimum Gasteiger partial charge on any atom is -0.361 e. The van der Waals surface area contributed by atoms with Crippen LogP contribution >= 0.6 is 11.6 Å². The van der Waals surface area contributed by atoms with Crippen LogP contribution in [0.5, 0.6) is 0 Å². The molecule has 8 heteroatoms. The Morgan fingerprint density at radius 3 is 2.70 bits per heavy atom. The maximum Gasteiger partial charge on any atom is 0.248 e. The number of carbonyl (C=O) groups is 2. The number of nitrogens with one attached hydrogen (secondary N) is 3. The zero-order valence-corrected chi connectivity index (χ0v) is 17.0. The van der Waals surface area contributed by atoms with Crippen LogP contribution in [-0.2, 0) is 16.0 Å². The van der Waals surface area contributed by atoms with Gasteiger partial charge in [0.25, 0.3) is 0 Å². The minimum absolute atomic E-state index is 0.281. The average molecular weight is 422 g/mol. The van der Waals surface area contributed by atoms with E-state index < -0.39 is 6.04 Å². The molecule has 3 N–H and O–H groups in total. The van der Waals surface area contributed by atoms with Crippen molar-refractivity contribution >= 4 is 40.1 Å². The minimum atomic E-state index is -0.743. The highest BCUT2D eigenvalue weighted by Crippen LogP contribution is 2.21. The van der Waals surface area contributed by atoms with E-state index in [1.165, 1.54) is 6.92 Å². The summed E-state index contributed by atoms with van der Waals surface area (Å²) in [6, 6.07) is 16.1. The third-order valence-electron chi connectivity index (χ3n) is 4.73.